The Morgan fingerprint density at radius 1 is 0.923 bits per heavy atom. The third-order valence-corrected chi connectivity index (χ3v) is 4.94. The van der Waals surface area contributed by atoms with Gasteiger partial charge in [0.05, 0.1) is 13.1 Å². The summed E-state index contributed by atoms with van der Waals surface area (Å²) in [4.78, 5) is 12.0. The van der Waals surface area contributed by atoms with E-state index in [-0.39, 0.29) is 23.1 Å². The van der Waals surface area contributed by atoms with Crippen molar-refractivity contribution in [1.29, 1.82) is 0 Å². The van der Waals surface area contributed by atoms with E-state index in [1.807, 2.05) is 30.3 Å². The van der Waals surface area contributed by atoms with Crippen LogP contribution in [0, 0.1) is 0 Å². The van der Waals surface area contributed by atoms with E-state index in [2.05, 4.69) is 35.6 Å². The summed E-state index contributed by atoms with van der Waals surface area (Å²) < 4.78 is 6.46. The van der Waals surface area contributed by atoms with Gasteiger partial charge < -0.3 is 26.2 Å². The number of hydrogen-bond donors (Lipinski definition) is 1. The van der Waals surface area contributed by atoms with E-state index in [4.69, 9.17) is 4.74 Å². The maximum absolute atomic E-state index is 12.0. The molecular weight excluding hydrogens is 392 g/mol. The number of benzene rings is 2. The topological polar surface area (TPSA) is 38.3 Å². The van der Waals surface area contributed by atoms with Crippen LogP contribution in [0.3, 0.4) is 0 Å². The summed E-state index contributed by atoms with van der Waals surface area (Å²) in [5.41, 5.74) is 2.12. The molecule has 2 aromatic carbocycles. The van der Waals surface area contributed by atoms with Crippen molar-refractivity contribution < 1.29 is 31.0 Å². The molecule has 1 amide bonds. The number of halogens is 1. The van der Waals surface area contributed by atoms with Crippen LogP contribution in [0.15, 0.2) is 60.7 Å². The van der Waals surface area contributed by atoms with Crippen LogP contribution in [0.25, 0.3) is 0 Å². The Hall–Kier alpha value is -1.85. The lowest BCUT2D eigenvalue weighted by Gasteiger charge is -2.41. The Morgan fingerprint density at radius 2 is 1.54 bits per heavy atom. The smallest absolute Gasteiger partial charge is 0.411 e. The molecule has 1 heterocycles. The van der Waals surface area contributed by atoms with Crippen LogP contribution in [0.5, 0.6) is 0 Å². The summed E-state index contributed by atoms with van der Waals surface area (Å²) in [5, 5.41) is 2.77. The first-order valence-corrected chi connectivity index (χ1v) is 9.14. The number of quaternary nitrogens is 1. The van der Waals surface area contributed by atoms with Gasteiger partial charge in [-0.1, -0.05) is 48.5 Å². The van der Waals surface area contributed by atoms with Crippen molar-refractivity contribution in [2.75, 3.05) is 31.6 Å². The first-order chi connectivity index (χ1) is 12.3. The Labute approximate surface area is 166 Å². The minimum absolute atomic E-state index is 0. The molecule has 1 aliphatic rings. The SMILES string of the molecule is O=C(Nc1ccccc1)OCC[N+]1(Cc2ccccc2)CCCCC1.[Br-]. The highest BCUT2D eigenvalue weighted by molar-refractivity contribution is 5.84. The van der Waals surface area contributed by atoms with Crippen LogP contribution < -0.4 is 22.3 Å². The summed E-state index contributed by atoms with van der Waals surface area (Å²) in [6.45, 7) is 4.67. The van der Waals surface area contributed by atoms with Gasteiger partial charge >= 0.3 is 6.09 Å². The number of likely N-dealkylation sites (tertiary alicyclic amines) is 1. The zero-order chi connectivity index (χ0) is 17.4. The lowest BCUT2D eigenvalue weighted by molar-refractivity contribution is -0.945. The van der Waals surface area contributed by atoms with Crippen LogP contribution in [-0.4, -0.2) is 36.8 Å². The molecule has 0 atom stereocenters. The van der Waals surface area contributed by atoms with Crippen molar-refractivity contribution in [3.63, 3.8) is 0 Å². The Kier molecular flexibility index (Phi) is 8.13. The van der Waals surface area contributed by atoms with Gasteiger partial charge in [-0.05, 0) is 31.4 Å². The third kappa shape index (κ3) is 6.15. The number of nitrogens with zero attached hydrogens (tertiary/aromatic N) is 1. The van der Waals surface area contributed by atoms with Crippen LogP contribution in [-0.2, 0) is 11.3 Å². The molecule has 140 valence electrons. The van der Waals surface area contributed by atoms with Crippen LogP contribution >= 0.6 is 0 Å². The average Bonchev–Trinajstić information content (AvgIpc) is 2.64. The number of hydrogen-bond acceptors (Lipinski definition) is 2. The van der Waals surface area contributed by atoms with E-state index in [1.54, 1.807) is 0 Å². The summed E-state index contributed by atoms with van der Waals surface area (Å²) in [7, 11) is 0. The van der Waals surface area contributed by atoms with Gasteiger partial charge in [0.15, 0.2) is 0 Å². The van der Waals surface area contributed by atoms with Gasteiger partial charge in [-0.3, -0.25) is 5.32 Å². The summed E-state index contributed by atoms with van der Waals surface area (Å²) in [6, 6.07) is 20.1. The molecule has 1 aliphatic heterocycles. The van der Waals surface area contributed by atoms with Crippen molar-refractivity contribution in [3.8, 4) is 0 Å². The van der Waals surface area contributed by atoms with E-state index in [0.29, 0.717) is 6.61 Å². The Bertz CT molecular complexity index is 658. The molecule has 0 unspecified atom stereocenters. The van der Waals surface area contributed by atoms with Gasteiger partial charge in [0, 0.05) is 11.3 Å². The molecule has 26 heavy (non-hydrogen) atoms. The Balaban J connectivity index is 0.00000243. The largest absolute Gasteiger partial charge is 1.00 e. The van der Waals surface area contributed by atoms with E-state index in [9.17, 15) is 4.79 Å². The van der Waals surface area contributed by atoms with Gasteiger partial charge in [-0.25, -0.2) is 4.79 Å². The van der Waals surface area contributed by atoms with Crippen molar-refractivity contribution in [2.24, 2.45) is 0 Å². The fourth-order valence-electron chi connectivity index (χ4n) is 3.62. The fraction of sp³-hybridized carbons (Fsp3) is 0.381. The Morgan fingerprint density at radius 3 is 2.19 bits per heavy atom. The van der Waals surface area contributed by atoms with E-state index in [0.717, 1.165) is 23.3 Å². The molecule has 5 heteroatoms. The number of carbonyl (C=O) groups excluding carboxylic acids is 1. The minimum Gasteiger partial charge on any atom is -1.00 e. The number of carbonyl (C=O) groups is 1. The predicted octanol–water partition coefficient (Wildman–Crippen LogP) is 1.44. The highest BCUT2D eigenvalue weighted by Gasteiger charge is 2.30. The van der Waals surface area contributed by atoms with Crippen molar-refractivity contribution in [2.45, 2.75) is 25.8 Å². The second-order valence-electron chi connectivity index (χ2n) is 6.84. The molecule has 1 fully saturated rings. The number of nitrogens with one attached hydrogen (secondary N) is 1. The number of para-hydroxylation sites is 1. The van der Waals surface area contributed by atoms with Gasteiger partial charge in [0.25, 0.3) is 0 Å². The van der Waals surface area contributed by atoms with Gasteiger partial charge in [0.1, 0.15) is 19.7 Å². The number of piperidine rings is 1. The molecule has 0 radical (unpaired) electrons. The first kappa shape index (κ1) is 20.5. The van der Waals surface area contributed by atoms with Crippen LogP contribution in [0.1, 0.15) is 24.8 Å². The van der Waals surface area contributed by atoms with Crippen molar-refractivity contribution >= 4 is 11.8 Å². The van der Waals surface area contributed by atoms with Gasteiger partial charge in [-0.15, -0.1) is 0 Å². The maximum atomic E-state index is 12.0. The van der Waals surface area contributed by atoms with Crippen molar-refractivity contribution in [1.82, 2.24) is 0 Å². The van der Waals surface area contributed by atoms with Gasteiger partial charge in [0.2, 0.25) is 0 Å². The summed E-state index contributed by atoms with van der Waals surface area (Å²) >= 11 is 0. The number of rotatable bonds is 6. The number of anilines is 1. The molecule has 0 spiro atoms. The van der Waals surface area contributed by atoms with Gasteiger partial charge in [-0.2, -0.15) is 0 Å². The van der Waals surface area contributed by atoms with Crippen LogP contribution in [0.2, 0.25) is 0 Å². The predicted molar refractivity (Wildman–Crippen MR) is 100 cm³/mol. The third-order valence-electron chi connectivity index (χ3n) is 4.94. The molecular formula is C21H27BrN2O2. The van der Waals surface area contributed by atoms with E-state index < -0.39 is 0 Å². The summed E-state index contributed by atoms with van der Waals surface area (Å²) in [6.07, 6.45) is 3.44. The number of ether oxygens (including phenoxy) is 1. The zero-order valence-corrected chi connectivity index (χ0v) is 16.7. The lowest BCUT2D eigenvalue weighted by atomic mass is 10.1. The molecule has 3 rings (SSSR count). The molecule has 2 aromatic rings. The normalized spacial score (nSPS) is 15.5. The van der Waals surface area contributed by atoms with E-state index >= 15 is 0 Å². The standard InChI is InChI=1S/C21H26N2O2.BrH/c24-21(22-20-12-6-2-7-13-20)25-17-16-23(14-8-3-9-15-23)18-19-10-4-1-5-11-19;/h1-2,4-7,10-13H,3,8-9,14-18H2;1H. The molecule has 4 nitrogen and oxygen atoms in total. The summed E-state index contributed by atoms with van der Waals surface area (Å²) in [5.74, 6) is 0. The maximum Gasteiger partial charge on any atom is 0.411 e. The molecule has 1 saturated heterocycles. The highest BCUT2D eigenvalue weighted by atomic mass is 79.9. The second kappa shape index (κ2) is 10.3. The quantitative estimate of drug-likeness (QED) is 0.720. The van der Waals surface area contributed by atoms with Crippen LogP contribution in [0.4, 0.5) is 10.5 Å². The molecule has 1 N–H and O–H groups in total. The number of amides is 1. The fourth-order valence-corrected chi connectivity index (χ4v) is 3.62. The molecule has 0 saturated carbocycles. The second-order valence-corrected chi connectivity index (χ2v) is 6.84. The molecule has 0 bridgehead atoms. The average molecular weight is 419 g/mol. The lowest BCUT2D eigenvalue weighted by Crippen LogP contribution is -3.00. The first-order valence-electron chi connectivity index (χ1n) is 9.14. The van der Waals surface area contributed by atoms with Crippen molar-refractivity contribution in [3.05, 3.63) is 66.2 Å². The monoisotopic (exact) mass is 418 g/mol. The zero-order valence-electron chi connectivity index (χ0n) is 15.1. The minimum atomic E-state index is -0.374. The highest BCUT2D eigenvalue weighted by Crippen LogP contribution is 2.22. The molecule has 0 aliphatic carbocycles. The molecule has 0 aromatic heterocycles. The van der Waals surface area contributed by atoms with E-state index in [1.165, 1.54) is 37.9 Å².